The van der Waals surface area contributed by atoms with Crippen LogP contribution in [0.4, 0.5) is 0 Å². The number of aromatic carboxylic acids is 1. The van der Waals surface area contributed by atoms with Gasteiger partial charge in [-0.3, -0.25) is 0 Å². The van der Waals surface area contributed by atoms with Gasteiger partial charge in [0.15, 0.2) is 0 Å². The van der Waals surface area contributed by atoms with Crippen LogP contribution in [0.2, 0.25) is 0 Å². The number of carbonyl (C=O) groups excluding carboxylic acids is 1. The van der Waals surface area contributed by atoms with E-state index in [-0.39, 0.29) is 11.1 Å². The number of carboxylic acids is 1. The largest absolute Gasteiger partial charge is 0.489 e. The summed E-state index contributed by atoms with van der Waals surface area (Å²) in [6, 6.07) is 4.05. The zero-order valence-electron chi connectivity index (χ0n) is 10.2. The number of rotatable bonds is 5. The minimum absolute atomic E-state index is 0.0200. The second-order valence-corrected chi connectivity index (χ2v) is 3.42. The predicted octanol–water partition coefficient (Wildman–Crippen LogP) is 2.13. The summed E-state index contributed by atoms with van der Waals surface area (Å²) in [4.78, 5) is 22.3. The average molecular weight is 250 g/mol. The molecule has 1 N–H and O–H groups in total. The number of carboxylic acid groups (broad SMARTS) is 1. The molecule has 0 spiro atoms. The Balaban J connectivity index is 3.05. The first kappa shape index (κ1) is 13.8. The summed E-state index contributed by atoms with van der Waals surface area (Å²) in [6.45, 7) is 2.15. The smallest absolute Gasteiger partial charge is 0.338 e. The first-order valence-electron chi connectivity index (χ1n) is 5.29. The number of benzene rings is 1. The Morgan fingerprint density at radius 2 is 1.94 bits per heavy atom. The third kappa shape index (κ3) is 3.62. The number of ether oxygens (including phenoxy) is 2. The Kier molecular flexibility index (Phi) is 4.92. The number of hydrogen-bond donors (Lipinski definition) is 1. The van der Waals surface area contributed by atoms with E-state index in [1.807, 2.05) is 13.0 Å². The molecule has 0 saturated heterocycles. The summed E-state index contributed by atoms with van der Waals surface area (Å²) >= 11 is 0. The molecule has 0 unspecified atom stereocenters. The highest BCUT2D eigenvalue weighted by Crippen LogP contribution is 2.18. The summed E-state index contributed by atoms with van der Waals surface area (Å²) in [5.41, 5.74) is 0.126. The molecule has 0 aliphatic rings. The van der Waals surface area contributed by atoms with E-state index in [4.69, 9.17) is 9.84 Å². The van der Waals surface area contributed by atoms with Gasteiger partial charge >= 0.3 is 11.9 Å². The molecule has 0 amide bonds. The van der Waals surface area contributed by atoms with Crippen LogP contribution in [0.3, 0.4) is 0 Å². The Labute approximate surface area is 105 Å². The zero-order chi connectivity index (χ0) is 13.5. The van der Waals surface area contributed by atoms with Crippen molar-refractivity contribution in [1.82, 2.24) is 0 Å². The van der Waals surface area contributed by atoms with E-state index in [1.165, 1.54) is 25.3 Å². The molecule has 0 aliphatic heterocycles. The van der Waals surface area contributed by atoms with E-state index < -0.39 is 11.9 Å². The standard InChI is InChI=1S/C13H14O5/c1-3-4-5-18-11-7-9(12(14)15)6-10(8-11)13(16)17-2/h3-4,6-8H,5H2,1-2H3,(H,14,15). The van der Waals surface area contributed by atoms with Crippen molar-refractivity contribution in [3.63, 3.8) is 0 Å². The van der Waals surface area contributed by atoms with Gasteiger partial charge < -0.3 is 14.6 Å². The molecule has 0 heterocycles. The van der Waals surface area contributed by atoms with Gasteiger partial charge in [-0.1, -0.05) is 12.2 Å². The van der Waals surface area contributed by atoms with Crippen LogP contribution in [0.15, 0.2) is 30.4 Å². The van der Waals surface area contributed by atoms with Gasteiger partial charge in [0.25, 0.3) is 0 Å². The fourth-order valence-electron chi connectivity index (χ4n) is 1.28. The SMILES string of the molecule is CC=CCOc1cc(C(=O)O)cc(C(=O)OC)c1. The molecule has 0 atom stereocenters. The van der Waals surface area contributed by atoms with Crippen LogP contribution in [0.1, 0.15) is 27.6 Å². The van der Waals surface area contributed by atoms with Crippen LogP contribution in [-0.4, -0.2) is 30.8 Å². The minimum atomic E-state index is -1.13. The molecule has 5 heteroatoms. The van der Waals surface area contributed by atoms with Gasteiger partial charge in [-0.2, -0.15) is 0 Å². The highest BCUT2D eigenvalue weighted by molar-refractivity contribution is 5.95. The number of esters is 1. The minimum Gasteiger partial charge on any atom is -0.489 e. The summed E-state index contributed by atoms with van der Waals surface area (Å²) in [7, 11) is 1.23. The summed E-state index contributed by atoms with van der Waals surface area (Å²) in [5.74, 6) is -1.42. The molecule has 0 saturated carbocycles. The Bertz CT molecular complexity index is 476. The van der Waals surface area contributed by atoms with Gasteiger partial charge in [-0.15, -0.1) is 0 Å². The lowest BCUT2D eigenvalue weighted by molar-refractivity contribution is 0.0600. The predicted molar refractivity (Wildman–Crippen MR) is 65.0 cm³/mol. The molecule has 1 rings (SSSR count). The van der Waals surface area contributed by atoms with Gasteiger partial charge in [-0.05, 0) is 25.1 Å². The maximum atomic E-state index is 11.4. The van der Waals surface area contributed by atoms with Crippen LogP contribution < -0.4 is 4.74 Å². The monoisotopic (exact) mass is 250 g/mol. The number of carbonyl (C=O) groups is 2. The third-order valence-electron chi connectivity index (χ3n) is 2.16. The highest BCUT2D eigenvalue weighted by atomic mass is 16.5. The molecule has 1 aromatic carbocycles. The average Bonchev–Trinajstić information content (AvgIpc) is 2.37. The van der Waals surface area contributed by atoms with Crippen molar-refractivity contribution in [3.8, 4) is 5.75 Å². The molecular formula is C13H14O5. The number of allylic oxidation sites excluding steroid dienone is 1. The molecule has 0 bridgehead atoms. The van der Waals surface area contributed by atoms with E-state index >= 15 is 0 Å². The third-order valence-corrected chi connectivity index (χ3v) is 2.16. The number of hydrogen-bond acceptors (Lipinski definition) is 4. The maximum absolute atomic E-state index is 11.4. The number of methoxy groups -OCH3 is 1. The fraction of sp³-hybridized carbons (Fsp3) is 0.231. The van der Waals surface area contributed by atoms with Crippen molar-refractivity contribution in [2.45, 2.75) is 6.92 Å². The quantitative estimate of drug-likeness (QED) is 0.640. The molecule has 0 aromatic heterocycles. The first-order valence-corrected chi connectivity index (χ1v) is 5.29. The van der Waals surface area contributed by atoms with Crippen LogP contribution in [0.5, 0.6) is 5.75 Å². The van der Waals surface area contributed by atoms with Crippen LogP contribution in [0, 0.1) is 0 Å². The summed E-state index contributed by atoms with van der Waals surface area (Å²) < 4.78 is 9.86. The molecule has 0 aliphatic carbocycles. The normalized spacial score (nSPS) is 10.3. The van der Waals surface area contributed by atoms with E-state index in [1.54, 1.807) is 6.08 Å². The van der Waals surface area contributed by atoms with Crippen molar-refractivity contribution in [3.05, 3.63) is 41.5 Å². The molecule has 18 heavy (non-hydrogen) atoms. The molecule has 0 radical (unpaired) electrons. The van der Waals surface area contributed by atoms with E-state index in [0.717, 1.165) is 0 Å². The van der Waals surface area contributed by atoms with Crippen LogP contribution >= 0.6 is 0 Å². The van der Waals surface area contributed by atoms with Crippen molar-refractivity contribution >= 4 is 11.9 Å². The van der Waals surface area contributed by atoms with Gasteiger partial charge in [-0.25, -0.2) is 9.59 Å². The van der Waals surface area contributed by atoms with Crippen LogP contribution in [-0.2, 0) is 4.74 Å². The summed E-state index contributed by atoms with van der Waals surface area (Å²) in [6.07, 6.45) is 3.58. The lowest BCUT2D eigenvalue weighted by Gasteiger charge is -2.07. The van der Waals surface area contributed by atoms with Crippen molar-refractivity contribution in [2.24, 2.45) is 0 Å². The second kappa shape index (κ2) is 6.44. The first-order chi connectivity index (χ1) is 8.58. The zero-order valence-corrected chi connectivity index (χ0v) is 10.2. The van der Waals surface area contributed by atoms with E-state index in [9.17, 15) is 9.59 Å². The lowest BCUT2D eigenvalue weighted by Crippen LogP contribution is -2.06. The topological polar surface area (TPSA) is 72.8 Å². The van der Waals surface area contributed by atoms with Crippen molar-refractivity contribution in [1.29, 1.82) is 0 Å². The van der Waals surface area contributed by atoms with Gasteiger partial charge in [0.05, 0.1) is 18.2 Å². The Morgan fingerprint density at radius 3 is 2.50 bits per heavy atom. The van der Waals surface area contributed by atoms with E-state index in [0.29, 0.717) is 12.4 Å². The van der Waals surface area contributed by atoms with Crippen molar-refractivity contribution in [2.75, 3.05) is 13.7 Å². The van der Waals surface area contributed by atoms with Gasteiger partial charge in [0.1, 0.15) is 12.4 Å². The van der Waals surface area contributed by atoms with Crippen LogP contribution in [0.25, 0.3) is 0 Å². The van der Waals surface area contributed by atoms with Crippen molar-refractivity contribution < 1.29 is 24.2 Å². The molecule has 5 nitrogen and oxygen atoms in total. The summed E-state index contributed by atoms with van der Waals surface area (Å²) in [5, 5.41) is 8.94. The van der Waals surface area contributed by atoms with Gasteiger partial charge in [0, 0.05) is 0 Å². The Hall–Kier alpha value is -2.30. The maximum Gasteiger partial charge on any atom is 0.338 e. The lowest BCUT2D eigenvalue weighted by atomic mass is 10.1. The molecular weight excluding hydrogens is 236 g/mol. The molecule has 1 aromatic rings. The highest BCUT2D eigenvalue weighted by Gasteiger charge is 2.13. The second-order valence-electron chi connectivity index (χ2n) is 3.42. The Morgan fingerprint density at radius 1 is 1.28 bits per heavy atom. The van der Waals surface area contributed by atoms with E-state index in [2.05, 4.69) is 4.74 Å². The molecule has 0 fully saturated rings. The van der Waals surface area contributed by atoms with Gasteiger partial charge in [0.2, 0.25) is 0 Å². The fourth-order valence-corrected chi connectivity index (χ4v) is 1.28. The molecule has 96 valence electrons.